The van der Waals surface area contributed by atoms with E-state index in [0.29, 0.717) is 5.41 Å². The van der Waals surface area contributed by atoms with Gasteiger partial charge in [0.1, 0.15) is 6.10 Å². The van der Waals surface area contributed by atoms with Crippen molar-refractivity contribution in [1.82, 2.24) is 5.32 Å². The van der Waals surface area contributed by atoms with Crippen LogP contribution >= 0.6 is 0 Å². The fourth-order valence-electron chi connectivity index (χ4n) is 2.94. The van der Waals surface area contributed by atoms with Gasteiger partial charge in [-0.05, 0) is 44.4 Å². The molecular weight excluding hydrogens is 262 g/mol. The zero-order valence-corrected chi connectivity index (χ0v) is 14.9. The Morgan fingerprint density at radius 3 is 2.10 bits per heavy atom. The third kappa shape index (κ3) is 4.98. The predicted molar refractivity (Wildman–Crippen MR) is 88.3 cm³/mol. The molecule has 124 valence electrons. The molecule has 1 amide bonds. The SMILES string of the molecule is CCC(C)(CC)CC1CCC(C(=O)NC(C)(CC)CC)O1. The number of carbonyl (C=O) groups is 1. The highest BCUT2D eigenvalue weighted by Gasteiger charge is 2.36. The lowest BCUT2D eigenvalue weighted by Crippen LogP contribution is -2.49. The van der Waals surface area contributed by atoms with Crippen LogP contribution in [0.25, 0.3) is 0 Å². The molecule has 0 aromatic carbocycles. The summed E-state index contributed by atoms with van der Waals surface area (Å²) in [6.07, 6.45) is 7.21. The van der Waals surface area contributed by atoms with Crippen LogP contribution in [-0.4, -0.2) is 23.7 Å². The van der Waals surface area contributed by atoms with Crippen molar-refractivity contribution in [2.75, 3.05) is 0 Å². The maximum absolute atomic E-state index is 12.4. The van der Waals surface area contributed by atoms with Gasteiger partial charge < -0.3 is 10.1 Å². The molecule has 3 nitrogen and oxygen atoms in total. The number of hydrogen-bond donors (Lipinski definition) is 1. The number of ether oxygens (including phenoxy) is 1. The molecule has 1 rings (SSSR count). The number of rotatable bonds is 8. The molecule has 21 heavy (non-hydrogen) atoms. The molecule has 1 saturated heterocycles. The molecule has 1 fully saturated rings. The molecule has 1 aliphatic rings. The van der Waals surface area contributed by atoms with E-state index in [2.05, 4.69) is 46.9 Å². The molecule has 3 heteroatoms. The zero-order valence-electron chi connectivity index (χ0n) is 14.9. The highest BCUT2D eigenvalue weighted by Crippen LogP contribution is 2.36. The van der Waals surface area contributed by atoms with E-state index in [0.717, 1.165) is 32.1 Å². The van der Waals surface area contributed by atoms with Crippen molar-refractivity contribution in [2.24, 2.45) is 5.41 Å². The van der Waals surface area contributed by atoms with Crippen molar-refractivity contribution < 1.29 is 9.53 Å². The number of hydrogen-bond acceptors (Lipinski definition) is 2. The predicted octanol–water partition coefficient (Wildman–Crippen LogP) is 4.45. The summed E-state index contributed by atoms with van der Waals surface area (Å²) in [6, 6.07) is 0. The van der Waals surface area contributed by atoms with E-state index in [1.54, 1.807) is 0 Å². The van der Waals surface area contributed by atoms with Crippen molar-refractivity contribution in [3.05, 3.63) is 0 Å². The van der Waals surface area contributed by atoms with Gasteiger partial charge in [-0.3, -0.25) is 4.79 Å². The van der Waals surface area contributed by atoms with E-state index in [4.69, 9.17) is 4.74 Å². The molecule has 0 aromatic rings. The molecule has 0 bridgehead atoms. The molecule has 1 aliphatic heterocycles. The summed E-state index contributed by atoms with van der Waals surface area (Å²) >= 11 is 0. The molecule has 2 atom stereocenters. The van der Waals surface area contributed by atoms with Gasteiger partial charge in [-0.2, -0.15) is 0 Å². The molecule has 2 unspecified atom stereocenters. The maximum atomic E-state index is 12.4. The van der Waals surface area contributed by atoms with Gasteiger partial charge in [0.05, 0.1) is 6.10 Å². The Kier molecular flexibility index (Phi) is 6.71. The zero-order chi connectivity index (χ0) is 16.1. The Labute approximate surface area is 131 Å². The van der Waals surface area contributed by atoms with E-state index in [9.17, 15) is 4.79 Å². The van der Waals surface area contributed by atoms with Gasteiger partial charge in [0.2, 0.25) is 5.91 Å². The standard InChI is InChI=1S/C18H35NO2/c1-7-17(5,8-2)13-14-11-12-15(21-14)16(20)19-18(6,9-3)10-4/h14-15H,7-13H2,1-6H3,(H,19,20). The minimum Gasteiger partial charge on any atom is -0.365 e. The van der Waals surface area contributed by atoms with Crippen LogP contribution in [0.1, 0.15) is 86.5 Å². The van der Waals surface area contributed by atoms with E-state index in [1.807, 2.05) is 0 Å². The lowest BCUT2D eigenvalue weighted by molar-refractivity contribution is -0.134. The van der Waals surface area contributed by atoms with Gasteiger partial charge in [-0.25, -0.2) is 0 Å². The first kappa shape index (κ1) is 18.5. The lowest BCUT2D eigenvalue weighted by Gasteiger charge is -2.31. The second kappa shape index (κ2) is 7.62. The fourth-order valence-corrected chi connectivity index (χ4v) is 2.94. The summed E-state index contributed by atoms with van der Waals surface area (Å²) < 4.78 is 6.05. The second-order valence-corrected chi connectivity index (χ2v) is 7.30. The smallest absolute Gasteiger partial charge is 0.249 e. The summed E-state index contributed by atoms with van der Waals surface area (Å²) in [5.74, 6) is 0.0819. The van der Waals surface area contributed by atoms with Crippen LogP contribution in [0.5, 0.6) is 0 Å². The fraction of sp³-hybridized carbons (Fsp3) is 0.944. The molecular formula is C18H35NO2. The summed E-state index contributed by atoms with van der Waals surface area (Å²) in [5, 5.41) is 3.18. The average molecular weight is 297 g/mol. The van der Waals surface area contributed by atoms with Gasteiger partial charge in [0, 0.05) is 5.54 Å². The van der Waals surface area contributed by atoms with Crippen LogP contribution in [-0.2, 0) is 9.53 Å². The molecule has 1 N–H and O–H groups in total. The minimum atomic E-state index is -0.245. The summed E-state index contributed by atoms with van der Waals surface area (Å²) in [4.78, 5) is 12.4. The van der Waals surface area contributed by atoms with Gasteiger partial charge in [0.25, 0.3) is 0 Å². The Hall–Kier alpha value is -0.570. The molecule has 0 spiro atoms. The summed E-state index contributed by atoms with van der Waals surface area (Å²) in [6.45, 7) is 13.2. The minimum absolute atomic E-state index is 0.0819. The van der Waals surface area contributed by atoms with Crippen molar-refractivity contribution in [3.8, 4) is 0 Å². The molecule has 0 radical (unpaired) electrons. The highest BCUT2D eigenvalue weighted by atomic mass is 16.5. The first-order valence-corrected chi connectivity index (χ1v) is 8.79. The first-order valence-electron chi connectivity index (χ1n) is 8.79. The Morgan fingerprint density at radius 1 is 1.05 bits per heavy atom. The van der Waals surface area contributed by atoms with Crippen LogP contribution in [0.3, 0.4) is 0 Å². The molecule has 0 aromatic heterocycles. The van der Waals surface area contributed by atoms with Crippen LogP contribution in [0.15, 0.2) is 0 Å². The summed E-state index contributed by atoms with van der Waals surface area (Å²) in [7, 11) is 0. The quantitative estimate of drug-likeness (QED) is 0.719. The Bertz CT molecular complexity index is 332. The Balaban J connectivity index is 2.52. The van der Waals surface area contributed by atoms with Crippen molar-refractivity contribution >= 4 is 5.91 Å². The number of nitrogens with one attached hydrogen (secondary N) is 1. The molecule has 1 heterocycles. The van der Waals surface area contributed by atoms with Crippen LogP contribution < -0.4 is 5.32 Å². The largest absolute Gasteiger partial charge is 0.365 e. The second-order valence-electron chi connectivity index (χ2n) is 7.30. The molecule has 0 saturated carbocycles. The van der Waals surface area contributed by atoms with E-state index in [1.165, 1.54) is 12.8 Å². The van der Waals surface area contributed by atoms with Crippen LogP contribution in [0.4, 0.5) is 0 Å². The van der Waals surface area contributed by atoms with Crippen molar-refractivity contribution in [1.29, 1.82) is 0 Å². The van der Waals surface area contributed by atoms with Gasteiger partial charge in [0.15, 0.2) is 0 Å². The number of carbonyl (C=O) groups excluding carboxylic acids is 1. The van der Waals surface area contributed by atoms with Crippen molar-refractivity contribution in [3.63, 3.8) is 0 Å². The van der Waals surface area contributed by atoms with Crippen molar-refractivity contribution in [2.45, 2.75) is 104 Å². The third-order valence-electron chi connectivity index (χ3n) is 5.81. The third-order valence-corrected chi connectivity index (χ3v) is 5.81. The van der Waals surface area contributed by atoms with E-state index in [-0.39, 0.29) is 23.7 Å². The normalized spacial score (nSPS) is 23.3. The first-order chi connectivity index (χ1) is 9.81. The number of amides is 1. The van der Waals surface area contributed by atoms with Gasteiger partial charge in [-0.1, -0.05) is 47.5 Å². The van der Waals surface area contributed by atoms with Crippen LogP contribution in [0.2, 0.25) is 0 Å². The Morgan fingerprint density at radius 2 is 1.62 bits per heavy atom. The van der Waals surface area contributed by atoms with E-state index < -0.39 is 0 Å². The lowest BCUT2D eigenvalue weighted by atomic mass is 9.79. The van der Waals surface area contributed by atoms with Crippen LogP contribution in [0, 0.1) is 5.41 Å². The topological polar surface area (TPSA) is 38.3 Å². The molecule has 0 aliphatic carbocycles. The maximum Gasteiger partial charge on any atom is 0.249 e. The summed E-state index contributed by atoms with van der Waals surface area (Å²) in [5.41, 5.74) is 0.247. The highest BCUT2D eigenvalue weighted by molar-refractivity contribution is 5.81. The van der Waals surface area contributed by atoms with E-state index >= 15 is 0 Å². The average Bonchev–Trinajstić information content (AvgIpc) is 2.95. The monoisotopic (exact) mass is 297 g/mol. The van der Waals surface area contributed by atoms with Gasteiger partial charge in [-0.15, -0.1) is 0 Å². The van der Waals surface area contributed by atoms with Gasteiger partial charge >= 0.3 is 0 Å².